The van der Waals surface area contributed by atoms with Crippen molar-refractivity contribution in [1.82, 2.24) is 20.0 Å². The molecule has 0 atom stereocenters. The Balaban J connectivity index is 1.50. The van der Waals surface area contributed by atoms with Crippen LogP contribution in [0.25, 0.3) is 11.7 Å². The molecule has 0 unspecified atom stereocenters. The zero-order valence-corrected chi connectivity index (χ0v) is 14.2. The Bertz CT molecular complexity index is 667. The highest BCUT2D eigenvalue weighted by Gasteiger charge is 2.26. The molecule has 1 aliphatic heterocycles. The molecule has 0 aliphatic carbocycles. The van der Waals surface area contributed by atoms with Gasteiger partial charge in [0.25, 0.3) is 5.89 Å². The molecule has 1 fully saturated rings. The van der Waals surface area contributed by atoms with Crippen molar-refractivity contribution < 1.29 is 18.4 Å². The molecule has 3 heterocycles. The van der Waals surface area contributed by atoms with E-state index in [0.717, 1.165) is 13.1 Å². The topological polar surface area (TPSA) is 84.8 Å². The summed E-state index contributed by atoms with van der Waals surface area (Å²) in [6.07, 6.45) is 1.30. The number of hydrogen-bond donors (Lipinski definition) is 0. The molecular weight excluding hydrogens is 312 g/mol. The summed E-state index contributed by atoms with van der Waals surface area (Å²) in [6.45, 7) is 8.86. The summed E-state index contributed by atoms with van der Waals surface area (Å²) in [7, 11) is 0. The number of hydrogen-bond acceptors (Lipinski definition) is 7. The van der Waals surface area contributed by atoms with Gasteiger partial charge in [0.05, 0.1) is 12.8 Å². The third-order valence-corrected chi connectivity index (χ3v) is 3.58. The molecule has 1 saturated heterocycles. The zero-order chi connectivity index (χ0) is 17.2. The van der Waals surface area contributed by atoms with Crippen LogP contribution < -0.4 is 0 Å². The Labute approximate surface area is 140 Å². The number of nitrogens with zero attached hydrogens (tertiary/aromatic N) is 4. The smallest absolute Gasteiger partial charge is 0.410 e. The summed E-state index contributed by atoms with van der Waals surface area (Å²) >= 11 is 0. The predicted molar refractivity (Wildman–Crippen MR) is 85.1 cm³/mol. The van der Waals surface area contributed by atoms with E-state index in [-0.39, 0.29) is 6.09 Å². The Hall–Kier alpha value is -2.35. The largest absolute Gasteiger partial charge is 0.459 e. The lowest BCUT2D eigenvalue weighted by molar-refractivity contribution is 0.0133. The molecule has 0 saturated carbocycles. The first-order valence-corrected chi connectivity index (χ1v) is 7.97. The van der Waals surface area contributed by atoms with Gasteiger partial charge in [-0.25, -0.2) is 4.79 Å². The lowest BCUT2D eigenvalue weighted by atomic mass is 10.2. The van der Waals surface area contributed by atoms with Gasteiger partial charge in [-0.3, -0.25) is 4.90 Å². The van der Waals surface area contributed by atoms with Gasteiger partial charge in [0.1, 0.15) is 5.60 Å². The van der Waals surface area contributed by atoms with E-state index in [4.69, 9.17) is 13.6 Å². The number of carbonyl (C=O) groups is 1. The van der Waals surface area contributed by atoms with Gasteiger partial charge in [0.15, 0.2) is 5.76 Å². The fraction of sp³-hybridized carbons (Fsp3) is 0.562. The molecule has 0 spiro atoms. The average Bonchev–Trinajstić information content (AvgIpc) is 3.16. The maximum Gasteiger partial charge on any atom is 0.410 e. The average molecular weight is 334 g/mol. The van der Waals surface area contributed by atoms with Crippen molar-refractivity contribution in [2.24, 2.45) is 0 Å². The highest BCUT2D eigenvalue weighted by atomic mass is 16.6. The maximum absolute atomic E-state index is 12.0. The van der Waals surface area contributed by atoms with Crippen molar-refractivity contribution in [3.05, 3.63) is 24.3 Å². The Morgan fingerprint density at radius 1 is 1.25 bits per heavy atom. The van der Waals surface area contributed by atoms with Crippen molar-refractivity contribution in [3.8, 4) is 11.7 Å². The third-order valence-electron chi connectivity index (χ3n) is 3.58. The molecule has 0 radical (unpaired) electrons. The van der Waals surface area contributed by atoms with Crippen molar-refractivity contribution in [1.29, 1.82) is 0 Å². The van der Waals surface area contributed by atoms with Crippen LogP contribution in [-0.2, 0) is 11.3 Å². The van der Waals surface area contributed by atoms with Crippen LogP contribution in [0.15, 0.2) is 27.2 Å². The highest BCUT2D eigenvalue weighted by molar-refractivity contribution is 5.68. The minimum absolute atomic E-state index is 0.264. The number of furan rings is 1. The molecule has 24 heavy (non-hydrogen) atoms. The van der Waals surface area contributed by atoms with E-state index in [1.54, 1.807) is 23.3 Å². The Morgan fingerprint density at radius 2 is 2.00 bits per heavy atom. The number of ether oxygens (including phenoxy) is 1. The summed E-state index contributed by atoms with van der Waals surface area (Å²) < 4.78 is 16.2. The maximum atomic E-state index is 12.0. The van der Waals surface area contributed by atoms with Crippen LogP contribution >= 0.6 is 0 Å². The van der Waals surface area contributed by atoms with Crippen LogP contribution in [0.1, 0.15) is 26.7 Å². The fourth-order valence-electron chi connectivity index (χ4n) is 2.42. The summed E-state index contributed by atoms with van der Waals surface area (Å²) in [5.41, 5.74) is -0.472. The predicted octanol–water partition coefficient (Wildman–Crippen LogP) is 2.38. The molecule has 2 aromatic rings. The van der Waals surface area contributed by atoms with Gasteiger partial charge in [-0.15, -0.1) is 10.2 Å². The molecule has 0 N–H and O–H groups in total. The molecule has 8 nitrogen and oxygen atoms in total. The van der Waals surface area contributed by atoms with E-state index < -0.39 is 5.60 Å². The van der Waals surface area contributed by atoms with Crippen LogP contribution in [0.3, 0.4) is 0 Å². The van der Waals surface area contributed by atoms with Gasteiger partial charge in [-0.05, 0) is 32.9 Å². The molecule has 8 heteroatoms. The number of carbonyl (C=O) groups excluding carboxylic acids is 1. The lowest BCUT2D eigenvalue weighted by Gasteiger charge is -2.34. The molecule has 0 bridgehead atoms. The van der Waals surface area contributed by atoms with Gasteiger partial charge in [0.2, 0.25) is 5.89 Å². The molecule has 3 rings (SSSR count). The van der Waals surface area contributed by atoms with Gasteiger partial charge >= 0.3 is 6.09 Å². The van der Waals surface area contributed by atoms with Crippen LogP contribution in [0.5, 0.6) is 0 Å². The van der Waals surface area contributed by atoms with Crippen LogP contribution in [0, 0.1) is 0 Å². The van der Waals surface area contributed by atoms with E-state index in [1.165, 1.54) is 0 Å². The number of amides is 1. The van der Waals surface area contributed by atoms with Crippen molar-refractivity contribution in [2.45, 2.75) is 32.9 Å². The van der Waals surface area contributed by atoms with Gasteiger partial charge in [-0.1, -0.05) is 0 Å². The van der Waals surface area contributed by atoms with Crippen molar-refractivity contribution >= 4 is 6.09 Å². The normalized spacial score (nSPS) is 16.4. The number of piperazine rings is 1. The third kappa shape index (κ3) is 4.14. The van der Waals surface area contributed by atoms with Crippen molar-refractivity contribution in [2.75, 3.05) is 26.2 Å². The second kappa shape index (κ2) is 6.64. The second-order valence-electron chi connectivity index (χ2n) is 6.72. The van der Waals surface area contributed by atoms with Crippen molar-refractivity contribution in [3.63, 3.8) is 0 Å². The van der Waals surface area contributed by atoms with Gasteiger partial charge in [-0.2, -0.15) is 0 Å². The Kier molecular flexibility index (Phi) is 4.57. The van der Waals surface area contributed by atoms with Crippen LogP contribution in [-0.4, -0.2) is 57.9 Å². The van der Waals surface area contributed by atoms with E-state index >= 15 is 0 Å². The first kappa shape index (κ1) is 16.5. The van der Waals surface area contributed by atoms with Gasteiger partial charge < -0.3 is 18.5 Å². The number of aromatic nitrogens is 2. The van der Waals surface area contributed by atoms with Crippen LogP contribution in [0.2, 0.25) is 0 Å². The SMILES string of the molecule is CC(C)(C)OC(=O)N1CCN(Cc2nnc(-c3ccco3)o2)CC1. The second-order valence-corrected chi connectivity index (χ2v) is 6.72. The quantitative estimate of drug-likeness (QED) is 0.852. The summed E-state index contributed by atoms with van der Waals surface area (Å²) in [6, 6.07) is 3.55. The molecule has 130 valence electrons. The first-order valence-electron chi connectivity index (χ1n) is 7.97. The molecule has 0 aromatic carbocycles. The zero-order valence-electron chi connectivity index (χ0n) is 14.2. The standard InChI is InChI=1S/C16H22N4O4/c1-16(2,3)24-15(21)20-8-6-19(7-9-20)11-13-17-18-14(23-13)12-5-4-10-22-12/h4-5,10H,6-9,11H2,1-3H3. The summed E-state index contributed by atoms with van der Waals surface area (Å²) in [5.74, 6) is 1.47. The van der Waals surface area contributed by atoms with E-state index in [9.17, 15) is 4.79 Å². The van der Waals surface area contributed by atoms with E-state index in [0.29, 0.717) is 37.2 Å². The summed E-state index contributed by atoms with van der Waals surface area (Å²) in [5, 5.41) is 8.03. The van der Waals surface area contributed by atoms with Crippen LogP contribution in [0.4, 0.5) is 4.79 Å². The molecule has 1 amide bonds. The highest BCUT2D eigenvalue weighted by Crippen LogP contribution is 2.19. The monoisotopic (exact) mass is 334 g/mol. The lowest BCUT2D eigenvalue weighted by Crippen LogP contribution is -2.49. The fourth-order valence-corrected chi connectivity index (χ4v) is 2.42. The Morgan fingerprint density at radius 3 is 2.62 bits per heavy atom. The molecule has 1 aliphatic rings. The minimum atomic E-state index is -0.472. The van der Waals surface area contributed by atoms with Gasteiger partial charge in [0, 0.05) is 26.2 Å². The number of rotatable bonds is 3. The molecular formula is C16H22N4O4. The first-order chi connectivity index (χ1) is 11.4. The summed E-state index contributed by atoms with van der Waals surface area (Å²) in [4.78, 5) is 15.9. The minimum Gasteiger partial charge on any atom is -0.459 e. The van der Waals surface area contributed by atoms with E-state index in [2.05, 4.69) is 15.1 Å². The molecule has 2 aromatic heterocycles. The van der Waals surface area contributed by atoms with E-state index in [1.807, 2.05) is 20.8 Å².